The van der Waals surface area contributed by atoms with Crippen LogP contribution in [0.25, 0.3) is 0 Å². The predicted octanol–water partition coefficient (Wildman–Crippen LogP) is 3.38. The molecule has 0 aliphatic heterocycles. The van der Waals surface area contributed by atoms with Crippen molar-refractivity contribution in [3.63, 3.8) is 0 Å². The van der Waals surface area contributed by atoms with Crippen LogP contribution in [0, 0.1) is 11.8 Å². The van der Waals surface area contributed by atoms with Gasteiger partial charge in [0.05, 0.1) is 9.21 Å². The number of hydrogen-bond acceptors (Lipinski definition) is 1. The average Bonchev–Trinajstić information content (AvgIpc) is 2.37. The Hall–Kier alpha value is -0.160. The minimum Gasteiger partial charge on any atom is -0.126 e. The first kappa shape index (κ1) is 8.93. The lowest BCUT2D eigenvalue weighted by atomic mass is 10.4. The lowest BCUT2D eigenvalue weighted by Crippen LogP contribution is -1.66. The summed E-state index contributed by atoms with van der Waals surface area (Å²) in [7, 11) is 0. The second-order valence-corrected chi connectivity index (χ2v) is 3.94. The SMILES string of the molecule is ClCCC#Cc1ccc(Cl)s1. The highest BCUT2D eigenvalue weighted by Gasteiger charge is 1.91. The predicted molar refractivity (Wildman–Crippen MR) is 51.5 cm³/mol. The Morgan fingerprint density at radius 2 is 2.27 bits per heavy atom. The molecule has 11 heavy (non-hydrogen) atoms. The quantitative estimate of drug-likeness (QED) is 0.487. The summed E-state index contributed by atoms with van der Waals surface area (Å²) in [5.41, 5.74) is 0. The van der Waals surface area contributed by atoms with Crippen LogP contribution >= 0.6 is 34.5 Å². The summed E-state index contributed by atoms with van der Waals surface area (Å²) >= 11 is 12.6. The van der Waals surface area contributed by atoms with Crippen molar-refractivity contribution in [2.75, 3.05) is 5.88 Å². The highest BCUT2D eigenvalue weighted by molar-refractivity contribution is 7.16. The van der Waals surface area contributed by atoms with Gasteiger partial charge in [-0.2, -0.15) is 0 Å². The molecule has 0 N–H and O–H groups in total. The van der Waals surface area contributed by atoms with E-state index >= 15 is 0 Å². The van der Waals surface area contributed by atoms with Gasteiger partial charge in [0.25, 0.3) is 0 Å². The molecule has 0 aromatic carbocycles. The highest BCUT2D eigenvalue weighted by Crippen LogP contribution is 2.20. The molecule has 3 heteroatoms. The lowest BCUT2D eigenvalue weighted by molar-refractivity contribution is 1.29. The summed E-state index contributed by atoms with van der Waals surface area (Å²) in [6, 6.07) is 3.76. The van der Waals surface area contributed by atoms with Crippen molar-refractivity contribution in [3.8, 4) is 11.8 Å². The van der Waals surface area contributed by atoms with E-state index < -0.39 is 0 Å². The zero-order chi connectivity index (χ0) is 8.10. The van der Waals surface area contributed by atoms with Gasteiger partial charge in [0.15, 0.2) is 0 Å². The first-order chi connectivity index (χ1) is 5.33. The van der Waals surface area contributed by atoms with Gasteiger partial charge in [0, 0.05) is 12.3 Å². The Morgan fingerprint density at radius 3 is 2.82 bits per heavy atom. The van der Waals surface area contributed by atoms with Crippen molar-refractivity contribution >= 4 is 34.5 Å². The zero-order valence-corrected chi connectivity index (χ0v) is 8.06. The maximum Gasteiger partial charge on any atom is 0.0941 e. The molecule has 0 aliphatic rings. The van der Waals surface area contributed by atoms with Crippen LogP contribution in [-0.4, -0.2) is 5.88 Å². The molecule has 0 atom stereocenters. The number of alkyl halides is 1. The van der Waals surface area contributed by atoms with E-state index in [2.05, 4.69) is 11.8 Å². The fourth-order valence-corrected chi connectivity index (χ4v) is 1.59. The Morgan fingerprint density at radius 1 is 1.45 bits per heavy atom. The van der Waals surface area contributed by atoms with Gasteiger partial charge in [-0.3, -0.25) is 0 Å². The summed E-state index contributed by atoms with van der Waals surface area (Å²) in [6.07, 6.45) is 0.733. The van der Waals surface area contributed by atoms with E-state index in [1.165, 1.54) is 11.3 Å². The van der Waals surface area contributed by atoms with Gasteiger partial charge in [0.2, 0.25) is 0 Å². The minimum atomic E-state index is 0.589. The molecule has 0 saturated carbocycles. The molecule has 58 valence electrons. The van der Waals surface area contributed by atoms with Crippen LogP contribution in [0.15, 0.2) is 12.1 Å². The molecule has 0 bridgehead atoms. The molecule has 1 heterocycles. The van der Waals surface area contributed by atoms with Crippen LogP contribution in [0.1, 0.15) is 11.3 Å². The smallest absolute Gasteiger partial charge is 0.0941 e. The van der Waals surface area contributed by atoms with Crippen molar-refractivity contribution in [2.45, 2.75) is 6.42 Å². The van der Waals surface area contributed by atoms with E-state index in [1.54, 1.807) is 0 Å². The molecule has 0 amide bonds. The van der Waals surface area contributed by atoms with Crippen molar-refractivity contribution in [3.05, 3.63) is 21.3 Å². The Kier molecular flexibility index (Phi) is 3.79. The van der Waals surface area contributed by atoms with Crippen molar-refractivity contribution in [2.24, 2.45) is 0 Å². The lowest BCUT2D eigenvalue weighted by Gasteiger charge is -1.76. The Labute approximate surface area is 80.1 Å². The van der Waals surface area contributed by atoms with Gasteiger partial charge in [-0.1, -0.05) is 23.4 Å². The second kappa shape index (κ2) is 4.66. The van der Waals surface area contributed by atoms with E-state index in [4.69, 9.17) is 23.2 Å². The molecule has 0 aliphatic carbocycles. The van der Waals surface area contributed by atoms with Crippen LogP contribution in [0.4, 0.5) is 0 Å². The minimum absolute atomic E-state index is 0.589. The summed E-state index contributed by atoms with van der Waals surface area (Å²) in [6.45, 7) is 0. The van der Waals surface area contributed by atoms with Crippen molar-refractivity contribution < 1.29 is 0 Å². The molecule has 0 unspecified atom stereocenters. The number of thiophene rings is 1. The van der Waals surface area contributed by atoms with E-state index in [1.807, 2.05) is 12.1 Å². The molecular formula is C8H6Cl2S. The van der Waals surface area contributed by atoms with Crippen LogP contribution in [0.2, 0.25) is 4.34 Å². The van der Waals surface area contributed by atoms with Gasteiger partial charge in [-0.05, 0) is 12.1 Å². The van der Waals surface area contributed by atoms with Gasteiger partial charge in [0.1, 0.15) is 0 Å². The molecule has 0 fully saturated rings. The molecule has 1 aromatic heterocycles. The van der Waals surface area contributed by atoms with E-state index in [-0.39, 0.29) is 0 Å². The first-order valence-electron chi connectivity index (χ1n) is 3.13. The van der Waals surface area contributed by atoms with E-state index in [0.717, 1.165) is 15.6 Å². The maximum absolute atomic E-state index is 5.70. The van der Waals surface area contributed by atoms with Crippen molar-refractivity contribution in [1.82, 2.24) is 0 Å². The van der Waals surface area contributed by atoms with Gasteiger partial charge < -0.3 is 0 Å². The van der Waals surface area contributed by atoms with Crippen LogP contribution in [-0.2, 0) is 0 Å². The van der Waals surface area contributed by atoms with Crippen LogP contribution in [0.5, 0.6) is 0 Å². The first-order valence-corrected chi connectivity index (χ1v) is 4.86. The van der Waals surface area contributed by atoms with Gasteiger partial charge in [-0.15, -0.1) is 22.9 Å². The maximum atomic E-state index is 5.70. The molecule has 0 radical (unpaired) electrons. The normalized spacial score (nSPS) is 8.91. The molecule has 0 saturated heterocycles. The molecule has 0 nitrogen and oxygen atoms in total. The number of rotatable bonds is 1. The topological polar surface area (TPSA) is 0 Å². The van der Waals surface area contributed by atoms with Crippen LogP contribution in [0.3, 0.4) is 0 Å². The standard InChI is InChI=1S/C8H6Cl2S/c9-6-2-1-3-7-4-5-8(10)11-7/h4-5H,2,6H2. The third-order valence-electron chi connectivity index (χ3n) is 1.00. The van der Waals surface area contributed by atoms with E-state index in [0.29, 0.717) is 5.88 Å². The summed E-state index contributed by atoms with van der Waals surface area (Å²) in [5.74, 6) is 6.49. The molecule has 0 spiro atoms. The number of halogens is 2. The summed E-state index contributed by atoms with van der Waals surface area (Å²) in [5, 5.41) is 0. The zero-order valence-electron chi connectivity index (χ0n) is 5.73. The Bertz CT molecular complexity index is 280. The monoisotopic (exact) mass is 204 g/mol. The van der Waals surface area contributed by atoms with Gasteiger partial charge >= 0.3 is 0 Å². The van der Waals surface area contributed by atoms with Crippen LogP contribution < -0.4 is 0 Å². The number of hydrogen-bond donors (Lipinski definition) is 0. The summed E-state index contributed by atoms with van der Waals surface area (Å²) < 4.78 is 0.778. The fraction of sp³-hybridized carbons (Fsp3) is 0.250. The largest absolute Gasteiger partial charge is 0.126 e. The van der Waals surface area contributed by atoms with Gasteiger partial charge in [-0.25, -0.2) is 0 Å². The molecule has 1 aromatic rings. The highest BCUT2D eigenvalue weighted by atomic mass is 35.5. The Balaban J connectivity index is 2.59. The third kappa shape index (κ3) is 3.16. The average molecular weight is 205 g/mol. The summed E-state index contributed by atoms with van der Waals surface area (Å²) in [4.78, 5) is 1.00. The third-order valence-corrected chi connectivity index (χ3v) is 2.34. The molecule has 1 rings (SSSR count). The van der Waals surface area contributed by atoms with E-state index in [9.17, 15) is 0 Å². The fourth-order valence-electron chi connectivity index (χ4n) is 0.578. The second-order valence-electron chi connectivity index (χ2n) is 1.84. The van der Waals surface area contributed by atoms with Crippen molar-refractivity contribution in [1.29, 1.82) is 0 Å². The molecular weight excluding hydrogens is 199 g/mol.